The summed E-state index contributed by atoms with van der Waals surface area (Å²) >= 11 is 0. The van der Waals surface area contributed by atoms with Gasteiger partial charge in [-0.25, -0.2) is 4.99 Å². The van der Waals surface area contributed by atoms with Gasteiger partial charge in [0, 0.05) is 26.8 Å². The molecule has 2 N–H and O–H groups in total. The molecule has 0 aliphatic rings. The molecule has 0 unspecified atom stereocenters. The van der Waals surface area contributed by atoms with Gasteiger partial charge >= 0.3 is 0 Å². The average Bonchev–Trinajstić information content (AvgIpc) is 2.69. The smallest absolute Gasteiger partial charge is 0.241 e. The fourth-order valence-electron chi connectivity index (χ4n) is 2.16. The number of hydrogen-bond donors (Lipinski definition) is 2. The standard InChI is InChI=1S/C20H27N5O2.HI/c1-4-21-20(24-14-19(26)25(2)3)23-13-16-8-10-18(11-9-16)27-15-17-7-5-6-12-22-17;/h5-12H,4,13-15H2,1-3H3,(H2,21,23,24);1H. The second kappa shape index (κ2) is 12.9. The van der Waals surface area contributed by atoms with Crippen molar-refractivity contribution in [3.63, 3.8) is 0 Å². The van der Waals surface area contributed by atoms with E-state index in [2.05, 4.69) is 20.6 Å². The summed E-state index contributed by atoms with van der Waals surface area (Å²) in [6.45, 7) is 3.86. The van der Waals surface area contributed by atoms with Crippen molar-refractivity contribution in [3.8, 4) is 5.75 Å². The number of guanidine groups is 1. The van der Waals surface area contributed by atoms with Gasteiger partial charge in [0.05, 0.1) is 18.8 Å². The molecular formula is C20H28IN5O2. The number of ether oxygens (including phenoxy) is 1. The van der Waals surface area contributed by atoms with E-state index in [1.165, 1.54) is 0 Å². The third kappa shape index (κ3) is 8.55. The molecule has 0 bridgehead atoms. The number of likely N-dealkylation sites (N-methyl/N-ethyl adjacent to an activating group) is 1. The molecular weight excluding hydrogens is 469 g/mol. The second-order valence-electron chi connectivity index (χ2n) is 6.09. The molecule has 1 aromatic carbocycles. The van der Waals surface area contributed by atoms with Gasteiger partial charge in [-0.1, -0.05) is 18.2 Å². The predicted molar refractivity (Wildman–Crippen MR) is 122 cm³/mol. The number of rotatable bonds is 8. The average molecular weight is 497 g/mol. The van der Waals surface area contributed by atoms with E-state index in [0.717, 1.165) is 23.6 Å². The Morgan fingerprint density at radius 3 is 2.50 bits per heavy atom. The van der Waals surface area contributed by atoms with E-state index in [9.17, 15) is 4.79 Å². The molecule has 0 saturated carbocycles. The van der Waals surface area contributed by atoms with E-state index >= 15 is 0 Å². The molecule has 28 heavy (non-hydrogen) atoms. The van der Waals surface area contributed by atoms with Crippen molar-refractivity contribution in [1.82, 2.24) is 20.5 Å². The van der Waals surface area contributed by atoms with Crippen molar-refractivity contribution in [2.24, 2.45) is 4.99 Å². The first-order chi connectivity index (χ1) is 13.1. The quantitative estimate of drug-likeness (QED) is 0.333. The number of benzene rings is 1. The Kier molecular flexibility index (Phi) is 10.9. The third-order valence-electron chi connectivity index (χ3n) is 3.71. The van der Waals surface area contributed by atoms with Crippen LogP contribution in [0.2, 0.25) is 0 Å². The molecule has 2 rings (SSSR count). The minimum Gasteiger partial charge on any atom is -0.487 e. The monoisotopic (exact) mass is 497 g/mol. The number of pyridine rings is 1. The zero-order chi connectivity index (χ0) is 19.5. The van der Waals surface area contributed by atoms with Gasteiger partial charge < -0.3 is 20.3 Å². The molecule has 0 aliphatic carbocycles. The predicted octanol–water partition coefficient (Wildman–Crippen LogP) is 2.42. The van der Waals surface area contributed by atoms with Crippen LogP contribution in [0.3, 0.4) is 0 Å². The first-order valence-electron chi connectivity index (χ1n) is 8.92. The van der Waals surface area contributed by atoms with E-state index in [1.54, 1.807) is 25.2 Å². The highest BCUT2D eigenvalue weighted by atomic mass is 127. The van der Waals surface area contributed by atoms with Gasteiger partial charge in [-0.05, 0) is 36.8 Å². The van der Waals surface area contributed by atoms with Crippen LogP contribution in [-0.4, -0.2) is 48.9 Å². The molecule has 0 fully saturated rings. The zero-order valence-electron chi connectivity index (χ0n) is 16.5. The third-order valence-corrected chi connectivity index (χ3v) is 3.71. The lowest BCUT2D eigenvalue weighted by Crippen LogP contribution is -2.42. The van der Waals surface area contributed by atoms with Crippen LogP contribution < -0.4 is 15.4 Å². The van der Waals surface area contributed by atoms with Crippen molar-refractivity contribution in [1.29, 1.82) is 0 Å². The fourth-order valence-corrected chi connectivity index (χ4v) is 2.16. The molecule has 0 aliphatic heterocycles. The molecule has 0 spiro atoms. The molecule has 1 amide bonds. The van der Waals surface area contributed by atoms with Crippen LogP contribution in [0.5, 0.6) is 5.75 Å². The Labute approximate surface area is 183 Å². The van der Waals surface area contributed by atoms with E-state index < -0.39 is 0 Å². The maximum atomic E-state index is 11.7. The Morgan fingerprint density at radius 1 is 1.14 bits per heavy atom. The summed E-state index contributed by atoms with van der Waals surface area (Å²) < 4.78 is 5.73. The summed E-state index contributed by atoms with van der Waals surface area (Å²) in [7, 11) is 3.46. The number of amides is 1. The van der Waals surface area contributed by atoms with Gasteiger partial charge in [-0.15, -0.1) is 24.0 Å². The summed E-state index contributed by atoms with van der Waals surface area (Å²) in [5.41, 5.74) is 1.94. The summed E-state index contributed by atoms with van der Waals surface area (Å²) in [6, 6.07) is 13.5. The summed E-state index contributed by atoms with van der Waals surface area (Å²) in [5, 5.41) is 6.17. The highest BCUT2D eigenvalue weighted by Crippen LogP contribution is 2.14. The van der Waals surface area contributed by atoms with Gasteiger partial charge in [-0.2, -0.15) is 0 Å². The minimum atomic E-state index is -0.00462. The number of hydrogen-bond acceptors (Lipinski definition) is 4. The highest BCUT2D eigenvalue weighted by molar-refractivity contribution is 14.0. The van der Waals surface area contributed by atoms with Crippen LogP contribution in [0.1, 0.15) is 18.2 Å². The molecule has 7 nitrogen and oxygen atoms in total. The van der Waals surface area contributed by atoms with Gasteiger partial charge in [0.15, 0.2) is 5.96 Å². The first-order valence-corrected chi connectivity index (χ1v) is 8.92. The number of aromatic nitrogens is 1. The van der Waals surface area contributed by atoms with E-state index in [1.807, 2.05) is 49.4 Å². The number of halogens is 1. The maximum absolute atomic E-state index is 11.7. The molecule has 1 heterocycles. The Morgan fingerprint density at radius 2 is 1.89 bits per heavy atom. The van der Waals surface area contributed by atoms with E-state index in [-0.39, 0.29) is 36.4 Å². The molecule has 152 valence electrons. The van der Waals surface area contributed by atoms with Crippen molar-refractivity contribution in [2.75, 3.05) is 27.2 Å². The van der Waals surface area contributed by atoms with Gasteiger partial charge in [0.1, 0.15) is 12.4 Å². The number of carbonyl (C=O) groups is 1. The number of nitrogens with one attached hydrogen (secondary N) is 2. The SMILES string of the molecule is CCNC(=NCc1ccc(OCc2ccccn2)cc1)NCC(=O)N(C)C.I. The Balaban J connectivity index is 0.00000392. The molecule has 2 aromatic rings. The molecule has 0 atom stereocenters. The number of carbonyl (C=O) groups excluding carboxylic acids is 1. The van der Waals surface area contributed by atoms with Gasteiger partial charge in [0.2, 0.25) is 5.91 Å². The number of aliphatic imine (C=N–C) groups is 1. The molecule has 1 aromatic heterocycles. The zero-order valence-corrected chi connectivity index (χ0v) is 18.8. The highest BCUT2D eigenvalue weighted by Gasteiger charge is 2.05. The number of nitrogens with zero attached hydrogens (tertiary/aromatic N) is 3. The minimum absolute atomic E-state index is 0. The Hall–Kier alpha value is -2.36. The van der Waals surface area contributed by atoms with Crippen LogP contribution in [-0.2, 0) is 17.9 Å². The largest absolute Gasteiger partial charge is 0.487 e. The molecule has 0 radical (unpaired) electrons. The van der Waals surface area contributed by atoms with E-state index in [0.29, 0.717) is 19.1 Å². The van der Waals surface area contributed by atoms with Crippen LogP contribution in [0.25, 0.3) is 0 Å². The lowest BCUT2D eigenvalue weighted by molar-refractivity contribution is -0.127. The lowest BCUT2D eigenvalue weighted by atomic mass is 10.2. The van der Waals surface area contributed by atoms with Crippen molar-refractivity contribution < 1.29 is 9.53 Å². The molecule has 8 heteroatoms. The van der Waals surface area contributed by atoms with Crippen molar-refractivity contribution in [2.45, 2.75) is 20.1 Å². The van der Waals surface area contributed by atoms with Crippen molar-refractivity contribution >= 4 is 35.8 Å². The Bertz CT molecular complexity index is 736. The fraction of sp³-hybridized carbons (Fsp3) is 0.350. The van der Waals surface area contributed by atoms with Crippen LogP contribution in [0, 0.1) is 0 Å². The van der Waals surface area contributed by atoms with Gasteiger partial charge in [-0.3, -0.25) is 9.78 Å². The normalized spacial score (nSPS) is 10.6. The second-order valence-corrected chi connectivity index (χ2v) is 6.09. The van der Waals surface area contributed by atoms with Crippen LogP contribution in [0.15, 0.2) is 53.7 Å². The van der Waals surface area contributed by atoms with Crippen LogP contribution in [0.4, 0.5) is 0 Å². The van der Waals surface area contributed by atoms with E-state index in [4.69, 9.17) is 4.74 Å². The van der Waals surface area contributed by atoms with Crippen molar-refractivity contribution in [3.05, 3.63) is 59.9 Å². The first kappa shape index (κ1) is 23.7. The maximum Gasteiger partial charge on any atom is 0.241 e. The topological polar surface area (TPSA) is 78.9 Å². The summed E-state index contributed by atoms with van der Waals surface area (Å²) in [5.74, 6) is 1.40. The summed E-state index contributed by atoms with van der Waals surface area (Å²) in [4.78, 5) is 22.0. The molecule has 0 saturated heterocycles. The van der Waals surface area contributed by atoms with Crippen LogP contribution >= 0.6 is 24.0 Å². The van der Waals surface area contributed by atoms with Gasteiger partial charge in [0.25, 0.3) is 0 Å². The summed E-state index contributed by atoms with van der Waals surface area (Å²) in [6.07, 6.45) is 1.75. The lowest BCUT2D eigenvalue weighted by Gasteiger charge is -2.14.